The predicted molar refractivity (Wildman–Crippen MR) is 72.6 cm³/mol. The minimum Gasteiger partial charge on any atom is -0.395 e. The van der Waals surface area contributed by atoms with Crippen LogP contribution in [-0.4, -0.2) is 14.6 Å². The normalized spacial score (nSPS) is 11.0. The molecule has 3 rings (SSSR count). The highest BCUT2D eigenvalue weighted by molar-refractivity contribution is 6.30. The van der Waals surface area contributed by atoms with Gasteiger partial charge >= 0.3 is 0 Å². The summed E-state index contributed by atoms with van der Waals surface area (Å²) in [5, 5.41) is 5.06. The van der Waals surface area contributed by atoms with Gasteiger partial charge in [0.1, 0.15) is 0 Å². The summed E-state index contributed by atoms with van der Waals surface area (Å²) in [4.78, 5) is 4.45. The summed E-state index contributed by atoms with van der Waals surface area (Å²) >= 11 is 5.96. The van der Waals surface area contributed by atoms with Crippen LogP contribution in [0, 0.1) is 6.92 Å². The zero-order valence-electron chi connectivity index (χ0n) is 9.76. The SMILES string of the molecule is Cc1ccn2nc(-c3cccc(Cl)c3)nc2c1N. The molecule has 0 spiro atoms. The molecule has 0 radical (unpaired) electrons. The van der Waals surface area contributed by atoms with Gasteiger partial charge in [-0.15, -0.1) is 5.10 Å². The monoisotopic (exact) mass is 258 g/mol. The van der Waals surface area contributed by atoms with Gasteiger partial charge in [-0.05, 0) is 30.7 Å². The van der Waals surface area contributed by atoms with E-state index in [0.717, 1.165) is 11.1 Å². The summed E-state index contributed by atoms with van der Waals surface area (Å²) < 4.78 is 1.68. The summed E-state index contributed by atoms with van der Waals surface area (Å²) in [6, 6.07) is 9.36. The minimum atomic E-state index is 0.620. The Balaban J connectivity index is 2.23. The molecule has 0 saturated carbocycles. The number of rotatable bonds is 1. The van der Waals surface area contributed by atoms with Gasteiger partial charge < -0.3 is 5.73 Å². The number of aryl methyl sites for hydroxylation is 1. The molecule has 0 aliphatic heterocycles. The molecule has 2 aromatic heterocycles. The summed E-state index contributed by atoms with van der Waals surface area (Å²) in [7, 11) is 0. The van der Waals surface area contributed by atoms with Crippen molar-refractivity contribution in [3.8, 4) is 11.4 Å². The third kappa shape index (κ3) is 1.71. The molecule has 4 nitrogen and oxygen atoms in total. The number of nitrogens with two attached hydrogens (primary N) is 1. The molecule has 1 aromatic carbocycles. The standard InChI is InChI=1S/C13H11ClN4/c1-8-5-6-18-13(11(8)15)16-12(17-18)9-3-2-4-10(14)7-9/h2-7H,15H2,1H3. The lowest BCUT2D eigenvalue weighted by Gasteiger charge is -1.98. The first-order chi connectivity index (χ1) is 8.65. The third-order valence-electron chi connectivity index (χ3n) is 2.85. The Morgan fingerprint density at radius 2 is 2.11 bits per heavy atom. The summed E-state index contributed by atoms with van der Waals surface area (Å²) in [6.45, 7) is 1.95. The van der Waals surface area contributed by atoms with E-state index >= 15 is 0 Å². The van der Waals surface area contributed by atoms with E-state index < -0.39 is 0 Å². The molecule has 5 heteroatoms. The Bertz CT molecular complexity index is 733. The first-order valence-corrected chi connectivity index (χ1v) is 5.90. The number of fused-ring (bicyclic) bond motifs is 1. The van der Waals surface area contributed by atoms with Crippen LogP contribution in [0.3, 0.4) is 0 Å². The van der Waals surface area contributed by atoms with E-state index in [4.69, 9.17) is 17.3 Å². The van der Waals surface area contributed by atoms with Crippen LogP contribution in [0.25, 0.3) is 17.0 Å². The Labute approximate surface area is 109 Å². The number of pyridine rings is 1. The second-order valence-corrected chi connectivity index (χ2v) is 4.56. The van der Waals surface area contributed by atoms with Crippen LogP contribution in [0.1, 0.15) is 5.56 Å². The van der Waals surface area contributed by atoms with Crippen molar-refractivity contribution in [2.45, 2.75) is 6.92 Å². The Kier molecular flexibility index (Phi) is 2.45. The quantitative estimate of drug-likeness (QED) is 0.730. The molecular formula is C13H11ClN4. The molecule has 0 bridgehead atoms. The van der Waals surface area contributed by atoms with E-state index in [1.54, 1.807) is 4.52 Å². The number of benzene rings is 1. The van der Waals surface area contributed by atoms with Gasteiger partial charge in [-0.2, -0.15) is 0 Å². The highest BCUT2D eigenvalue weighted by Gasteiger charge is 2.09. The Hall–Kier alpha value is -2.07. The fourth-order valence-electron chi connectivity index (χ4n) is 1.81. The van der Waals surface area contributed by atoms with Gasteiger partial charge in [0.15, 0.2) is 11.5 Å². The fourth-order valence-corrected chi connectivity index (χ4v) is 2.00. The van der Waals surface area contributed by atoms with E-state index in [1.165, 1.54) is 0 Å². The molecular weight excluding hydrogens is 248 g/mol. The van der Waals surface area contributed by atoms with E-state index in [2.05, 4.69) is 10.1 Å². The number of halogens is 1. The van der Waals surface area contributed by atoms with Gasteiger partial charge in [0, 0.05) is 16.8 Å². The zero-order valence-corrected chi connectivity index (χ0v) is 10.5. The molecule has 0 unspecified atom stereocenters. The average Bonchev–Trinajstić information content (AvgIpc) is 2.79. The van der Waals surface area contributed by atoms with Gasteiger partial charge in [-0.1, -0.05) is 23.7 Å². The number of hydrogen-bond donors (Lipinski definition) is 1. The molecule has 2 N–H and O–H groups in total. The van der Waals surface area contributed by atoms with Gasteiger partial charge in [0.05, 0.1) is 5.69 Å². The van der Waals surface area contributed by atoms with E-state index in [0.29, 0.717) is 22.2 Å². The highest BCUT2D eigenvalue weighted by Crippen LogP contribution is 2.23. The lowest BCUT2D eigenvalue weighted by atomic mass is 10.2. The molecule has 0 fully saturated rings. The number of anilines is 1. The van der Waals surface area contributed by atoms with Gasteiger partial charge in [-0.25, -0.2) is 9.50 Å². The lowest BCUT2D eigenvalue weighted by Crippen LogP contribution is -1.96. The molecule has 0 amide bonds. The maximum atomic E-state index is 5.99. The summed E-state index contributed by atoms with van der Waals surface area (Å²) in [5.41, 5.74) is 9.18. The van der Waals surface area contributed by atoms with Crippen molar-refractivity contribution < 1.29 is 0 Å². The Morgan fingerprint density at radius 1 is 1.28 bits per heavy atom. The second-order valence-electron chi connectivity index (χ2n) is 4.13. The van der Waals surface area contributed by atoms with Crippen LogP contribution in [0.5, 0.6) is 0 Å². The van der Waals surface area contributed by atoms with Crippen LogP contribution in [0.4, 0.5) is 5.69 Å². The minimum absolute atomic E-state index is 0.620. The summed E-state index contributed by atoms with van der Waals surface area (Å²) in [5.74, 6) is 0.620. The largest absolute Gasteiger partial charge is 0.395 e. The van der Waals surface area contributed by atoms with Gasteiger partial charge in [0.25, 0.3) is 0 Å². The summed E-state index contributed by atoms with van der Waals surface area (Å²) in [6.07, 6.45) is 1.85. The van der Waals surface area contributed by atoms with Crippen molar-refractivity contribution in [3.63, 3.8) is 0 Å². The number of hydrogen-bond acceptors (Lipinski definition) is 3. The molecule has 90 valence electrons. The van der Waals surface area contributed by atoms with Crippen LogP contribution < -0.4 is 5.73 Å². The molecule has 3 aromatic rings. The molecule has 2 heterocycles. The molecule has 18 heavy (non-hydrogen) atoms. The molecule has 0 aliphatic carbocycles. The topological polar surface area (TPSA) is 56.2 Å². The number of nitrogen functional groups attached to an aromatic ring is 1. The number of aromatic nitrogens is 3. The van der Waals surface area contributed by atoms with Crippen LogP contribution >= 0.6 is 11.6 Å². The van der Waals surface area contributed by atoms with Crippen LogP contribution in [0.15, 0.2) is 36.5 Å². The first-order valence-electron chi connectivity index (χ1n) is 5.52. The van der Waals surface area contributed by atoms with Crippen molar-refractivity contribution in [2.24, 2.45) is 0 Å². The first kappa shape index (κ1) is 11.0. The van der Waals surface area contributed by atoms with Crippen molar-refractivity contribution in [1.82, 2.24) is 14.6 Å². The van der Waals surface area contributed by atoms with Crippen LogP contribution in [-0.2, 0) is 0 Å². The predicted octanol–water partition coefficient (Wildman–Crippen LogP) is 2.94. The average molecular weight is 259 g/mol. The maximum absolute atomic E-state index is 5.99. The fraction of sp³-hybridized carbons (Fsp3) is 0.0769. The molecule has 0 aliphatic rings. The molecule has 0 atom stereocenters. The third-order valence-corrected chi connectivity index (χ3v) is 3.08. The second kappa shape index (κ2) is 3.99. The number of nitrogens with zero attached hydrogens (tertiary/aromatic N) is 3. The maximum Gasteiger partial charge on any atom is 0.182 e. The van der Waals surface area contributed by atoms with Crippen molar-refractivity contribution in [1.29, 1.82) is 0 Å². The van der Waals surface area contributed by atoms with E-state index in [9.17, 15) is 0 Å². The Morgan fingerprint density at radius 3 is 2.89 bits per heavy atom. The van der Waals surface area contributed by atoms with Crippen molar-refractivity contribution in [3.05, 3.63) is 47.1 Å². The highest BCUT2D eigenvalue weighted by atomic mass is 35.5. The molecule has 0 saturated heterocycles. The smallest absolute Gasteiger partial charge is 0.182 e. The van der Waals surface area contributed by atoms with Crippen molar-refractivity contribution in [2.75, 3.05) is 5.73 Å². The van der Waals surface area contributed by atoms with Crippen LogP contribution in [0.2, 0.25) is 5.02 Å². The van der Waals surface area contributed by atoms with E-state index in [1.807, 2.05) is 43.5 Å². The van der Waals surface area contributed by atoms with Gasteiger partial charge in [-0.3, -0.25) is 0 Å². The van der Waals surface area contributed by atoms with Crippen molar-refractivity contribution >= 4 is 22.9 Å². The van der Waals surface area contributed by atoms with Gasteiger partial charge in [0.2, 0.25) is 0 Å². The van der Waals surface area contributed by atoms with E-state index in [-0.39, 0.29) is 0 Å². The lowest BCUT2D eigenvalue weighted by molar-refractivity contribution is 0.964. The zero-order chi connectivity index (χ0) is 12.7.